The minimum atomic E-state index is -3.63. The second-order valence-corrected chi connectivity index (χ2v) is 6.82. The van der Waals surface area contributed by atoms with Crippen LogP contribution in [0.25, 0.3) is 0 Å². The Morgan fingerprint density at radius 1 is 1.33 bits per heavy atom. The lowest BCUT2D eigenvalue weighted by atomic mass is 10.2. The number of rotatable bonds is 7. The Morgan fingerprint density at radius 2 is 2.05 bits per heavy atom. The molecule has 1 fully saturated rings. The molecule has 0 bridgehead atoms. The lowest BCUT2D eigenvalue weighted by Crippen LogP contribution is -2.27. The number of sulfonamides is 1. The molecule has 0 saturated heterocycles. The topological polar surface area (TPSA) is 84.9 Å². The minimum Gasteiger partial charge on any atom is -0.493 e. The van der Waals surface area contributed by atoms with Gasteiger partial charge in [0.1, 0.15) is 0 Å². The zero-order chi connectivity index (χ0) is 15.6. The Morgan fingerprint density at radius 3 is 2.52 bits per heavy atom. The van der Waals surface area contributed by atoms with E-state index in [-0.39, 0.29) is 23.3 Å². The molecule has 1 aliphatic carbocycles. The smallest absolute Gasteiger partial charge is 0.240 e. The molecule has 0 radical (unpaired) electrons. The average molecular weight is 315 g/mol. The number of aliphatic hydroxyl groups excluding tert-OH is 1. The molecule has 0 heterocycles. The highest BCUT2D eigenvalue weighted by Crippen LogP contribution is 2.37. The molecule has 1 aliphatic rings. The molecular formula is C14H21NO5S. The lowest BCUT2D eigenvalue weighted by Gasteiger charge is -2.14. The third kappa shape index (κ3) is 3.30. The van der Waals surface area contributed by atoms with E-state index in [1.807, 2.05) is 6.92 Å². The van der Waals surface area contributed by atoms with Crippen LogP contribution in [0.1, 0.15) is 25.3 Å². The highest BCUT2D eigenvalue weighted by Gasteiger charge is 2.38. The van der Waals surface area contributed by atoms with E-state index in [1.54, 1.807) is 0 Å². The molecule has 2 atom stereocenters. The van der Waals surface area contributed by atoms with Gasteiger partial charge in [-0.25, -0.2) is 13.1 Å². The van der Waals surface area contributed by atoms with Crippen molar-refractivity contribution in [3.05, 3.63) is 17.7 Å². The van der Waals surface area contributed by atoms with E-state index in [4.69, 9.17) is 9.47 Å². The van der Waals surface area contributed by atoms with Crippen molar-refractivity contribution in [2.75, 3.05) is 14.2 Å². The monoisotopic (exact) mass is 315 g/mol. The molecule has 6 nitrogen and oxygen atoms in total. The normalized spacial score (nSPS) is 21.1. The quantitative estimate of drug-likeness (QED) is 0.791. The summed E-state index contributed by atoms with van der Waals surface area (Å²) in [5.41, 5.74) is 0.375. The highest BCUT2D eigenvalue weighted by molar-refractivity contribution is 7.89. The van der Waals surface area contributed by atoms with E-state index in [0.717, 1.165) is 12.8 Å². The van der Waals surface area contributed by atoms with Crippen molar-refractivity contribution in [1.29, 1.82) is 0 Å². The summed E-state index contributed by atoms with van der Waals surface area (Å²) in [6.07, 6.45) is 1.83. The summed E-state index contributed by atoms with van der Waals surface area (Å²) >= 11 is 0. The van der Waals surface area contributed by atoms with E-state index in [2.05, 4.69) is 4.72 Å². The molecule has 1 saturated carbocycles. The predicted molar refractivity (Wildman–Crippen MR) is 78.0 cm³/mol. The standard InChI is InChI=1S/C14H21NO5S/c1-4-9-6-12(9)15-21(17,18)11-5-10(8-16)14(20-3)13(7-11)19-2/h5,7,9,12,15-16H,4,6,8H2,1-3H3. The van der Waals surface area contributed by atoms with Gasteiger partial charge in [0.25, 0.3) is 0 Å². The third-order valence-electron chi connectivity index (χ3n) is 3.76. The zero-order valence-corrected chi connectivity index (χ0v) is 13.2. The van der Waals surface area contributed by atoms with E-state index >= 15 is 0 Å². The molecule has 1 aromatic carbocycles. The number of aliphatic hydroxyl groups is 1. The van der Waals surface area contributed by atoms with Crippen LogP contribution < -0.4 is 14.2 Å². The number of hydrogen-bond acceptors (Lipinski definition) is 5. The van der Waals surface area contributed by atoms with Crippen LogP contribution in [0.15, 0.2) is 17.0 Å². The summed E-state index contributed by atoms with van der Waals surface area (Å²) in [5, 5.41) is 9.38. The van der Waals surface area contributed by atoms with Crippen LogP contribution in [-0.4, -0.2) is 33.8 Å². The van der Waals surface area contributed by atoms with Gasteiger partial charge in [0.2, 0.25) is 10.0 Å². The Balaban J connectivity index is 2.34. The van der Waals surface area contributed by atoms with Gasteiger partial charge < -0.3 is 14.6 Å². The highest BCUT2D eigenvalue weighted by atomic mass is 32.2. The molecule has 118 valence electrons. The van der Waals surface area contributed by atoms with E-state index in [9.17, 15) is 13.5 Å². The van der Waals surface area contributed by atoms with Gasteiger partial charge in [-0.3, -0.25) is 0 Å². The predicted octanol–water partition coefficient (Wildman–Crippen LogP) is 1.27. The van der Waals surface area contributed by atoms with Crippen LogP contribution in [0, 0.1) is 5.92 Å². The van der Waals surface area contributed by atoms with Crippen molar-refractivity contribution in [2.45, 2.75) is 37.3 Å². The first-order valence-electron chi connectivity index (χ1n) is 6.84. The maximum absolute atomic E-state index is 12.4. The molecule has 2 unspecified atom stereocenters. The Labute approximate surface area is 125 Å². The fraction of sp³-hybridized carbons (Fsp3) is 0.571. The van der Waals surface area contributed by atoms with E-state index in [0.29, 0.717) is 17.2 Å². The molecule has 1 aromatic rings. The summed E-state index contributed by atoms with van der Waals surface area (Å²) in [5.74, 6) is 1.04. The van der Waals surface area contributed by atoms with Crippen molar-refractivity contribution in [2.24, 2.45) is 5.92 Å². The molecular weight excluding hydrogens is 294 g/mol. The first kappa shape index (κ1) is 16.1. The minimum absolute atomic E-state index is 0.00525. The largest absolute Gasteiger partial charge is 0.493 e. The SMILES string of the molecule is CCC1CC1NS(=O)(=O)c1cc(CO)c(OC)c(OC)c1. The van der Waals surface area contributed by atoms with Crippen molar-refractivity contribution in [1.82, 2.24) is 4.72 Å². The fourth-order valence-corrected chi connectivity index (χ4v) is 3.78. The first-order chi connectivity index (χ1) is 9.96. The molecule has 0 amide bonds. The summed E-state index contributed by atoms with van der Waals surface area (Å²) in [6, 6.07) is 2.82. The van der Waals surface area contributed by atoms with E-state index in [1.165, 1.54) is 26.4 Å². The Kier molecular flexibility index (Phi) is 4.75. The van der Waals surface area contributed by atoms with Gasteiger partial charge in [0.05, 0.1) is 25.7 Å². The second kappa shape index (κ2) is 6.21. The van der Waals surface area contributed by atoms with Crippen molar-refractivity contribution in [3.63, 3.8) is 0 Å². The van der Waals surface area contributed by atoms with Gasteiger partial charge in [-0.15, -0.1) is 0 Å². The Bertz CT molecular complexity index is 589. The fourth-order valence-electron chi connectivity index (χ4n) is 2.40. The maximum atomic E-state index is 12.4. The molecule has 2 N–H and O–H groups in total. The van der Waals surface area contributed by atoms with Crippen LogP contribution in [0.3, 0.4) is 0 Å². The van der Waals surface area contributed by atoms with Crippen molar-refractivity contribution >= 4 is 10.0 Å². The van der Waals surface area contributed by atoms with Crippen molar-refractivity contribution < 1.29 is 23.0 Å². The molecule has 7 heteroatoms. The summed E-state index contributed by atoms with van der Waals surface area (Å²) < 4.78 is 37.8. The number of ether oxygens (including phenoxy) is 2. The summed E-state index contributed by atoms with van der Waals surface area (Å²) in [4.78, 5) is 0.0750. The van der Waals surface area contributed by atoms with Gasteiger partial charge in [-0.05, 0) is 18.4 Å². The number of benzene rings is 1. The summed E-state index contributed by atoms with van der Waals surface area (Å²) in [7, 11) is -0.756. The van der Waals surface area contributed by atoms with Gasteiger partial charge >= 0.3 is 0 Å². The molecule has 0 aliphatic heterocycles. The van der Waals surface area contributed by atoms with Gasteiger partial charge in [-0.2, -0.15) is 0 Å². The van der Waals surface area contributed by atoms with Gasteiger partial charge in [0.15, 0.2) is 11.5 Å². The van der Waals surface area contributed by atoms with Crippen molar-refractivity contribution in [3.8, 4) is 11.5 Å². The van der Waals surface area contributed by atoms with Crippen LogP contribution in [0.2, 0.25) is 0 Å². The molecule has 0 spiro atoms. The Hall–Kier alpha value is -1.31. The second-order valence-electron chi connectivity index (χ2n) is 5.11. The van der Waals surface area contributed by atoms with Gasteiger partial charge in [0, 0.05) is 17.7 Å². The number of methoxy groups -OCH3 is 2. The number of hydrogen-bond donors (Lipinski definition) is 2. The third-order valence-corrected chi connectivity index (χ3v) is 5.23. The van der Waals surface area contributed by atoms with E-state index < -0.39 is 10.0 Å². The average Bonchev–Trinajstić information content (AvgIpc) is 3.22. The van der Waals surface area contributed by atoms with Crippen LogP contribution in [0.4, 0.5) is 0 Å². The van der Waals surface area contributed by atoms with Gasteiger partial charge in [-0.1, -0.05) is 13.3 Å². The van der Waals surface area contributed by atoms with Crippen LogP contribution in [-0.2, 0) is 16.6 Å². The summed E-state index contributed by atoms with van der Waals surface area (Å²) in [6.45, 7) is 1.71. The van der Waals surface area contributed by atoms with Crippen LogP contribution in [0.5, 0.6) is 11.5 Å². The first-order valence-corrected chi connectivity index (χ1v) is 8.33. The number of nitrogens with one attached hydrogen (secondary N) is 1. The molecule has 21 heavy (non-hydrogen) atoms. The molecule has 0 aromatic heterocycles. The molecule has 2 rings (SSSR count). The zero-order valence-electron chi connectivity index (χ0n) is 12.4. The van der Waals surface area contributed by atoms with Crippen LogP contribution >= 0.6 is 0 Å². The lowest BCUT2D eigenvalue weighted by molar-refractivity contribution is 0.269. The maximum Gasteiger partial charge on any atom is 0.240 e.